The number of rotatable bonds is 2. The molecule has 0 aromatic carbocycles. The van der Waals surface area contributed by atoms with Crippen LogP contribution in [0.1, 0.15) is 73.6 Å². The first-order valence-electron chi connectivity index (χ1n) is 12.1. The van der Waals surface area contributed by atoms with Crippen LogP contribution in [0.4, 0.5) is 0 Å². The van der Waals surface area contributed by atoms with Gasteiger partial charge in [-0.3, -0.25) is 9.59 Å². The summed E-state index contributed by atoms with van der Waals surface area (Å²) in [4.78, 5) is 26.7. The quantitative estimate of drug-likeness (QED) is 0.645. The Balaban J connectivity index is 1.46. The molecule has 2 fully saturated rings. The predicted octanol–water partition coefficient (Wildman–Crippen LogP) is 4.75. The average Bonchev–Trinajstić information content (AvgIpc) is 3.65. The highest BCUT2D eigenvalue weighted by atomic mass is 16.3. The van der Waals surface area contributed by atoms with E-state index in [1.54, 1.807) is 13.8 Å². The van der Waals surface area contributed by atoms with Crippen LogP contribution in [0.2, 0.25) is 0 Å². The summed E-state index contributed by atoms with van der Waals surface area (Å²) in [6, 6.07) is 0. The van der Waals surface area contributed by atoms with Crippen LogP contribution in [0.5, 0.6) is 0 Å². The second-order valence-electron chi connectivity index (χ2n) is 11.6. The molecule has 0 amide bonds. The number of Topliss-reactive ketones (excluding diaryl/α,β-unsaturated/α-hetero) is 2. The standard InChI is InChI=1S/C29H32O4/c1-14-11-20-22(16(3)28(7-8-28)26(5,32)24(20)30)18(14)13-19-15(2)12-21-23(19)17(4)29(9-10-29)27(6,33)25(21)31/h11-12,32-33H,7-10,13H2,1-6H3/t26-,27-/m1/s1. The van der Waals surface area contributed by atoms with Crippen LogP contribution in [0.15, 0.2) is 67.9 Å². The van der Waals surface area contributed by atoms with Gasteiger partial charge in [-0.1, -0.05) is 11.1 Å². The summed E-state index contributed by atoms with van der Waals surface area (Å²) in [6.45, 7) is 11.6. The van der Waals surface area contributed by atoms with E-state index in [9.17, 15) is 19.8 Å². The van der Waals surface area contributed by atoms with Crippen molar-refractivity contribution in [1.82, 2.24) is 0 Å². The molecule has 2 atom stereocenters. The van der Waals surface area contributed by atoms with Gasteiger partial charge in [-0.05, 0) is 119 Å². The van der Waals surface area contributed by atoms with E-state index < -0.39 is 22.0 Å². The maximum absolute atomic E-state index is 13.3. The molecule has 0 saturated heterocycles. The number of hydrogen-bond donors (Lipinski definition) is 2. The molecule has 2 saturated carbocycles. The van der Waals surface area contributed by atoms with Gasteiger partial charge < -0.3 is 10.2 Å². The lowest BCUT2D eigenvalue weighted by atomic mass is 9.65. The van der Waals surface area contributed by atoms with Gasteiger partial charge >= 0.3 is 0 Å². The summed E-state index contributed by atoms with van der Waals surface area (Å²) in [6.07, 6.45) is 7.89. The Hall–Kier alpha value is -2.30. The minimum Gasteiger partial charge on any atom is -0.381 e. The highest BCUT2D eigenvalue weighted by Gasteiger charge is 2.66. The zero-order valence-corrected chi connectivity index (χ0v) is 20.4. The minimum atomic E-state index is -1.35. The van der Waals surface area contributed by atoms with Gasteiger partial charge in [0.2, 0.25) is 0 Å². The van der Waals surface area contributed by atoms with Crippen molar-refractivity contribution in [3.8, 4) is 0 Å². The molecule has 2 spiro atoms. The van der Waals surface area contributed by atoms with Gasteiger partial charge in [0.05, 0.1) is 0 Å². The Morgan fingerprint density at radius 1 is 0.697 bits per heavy atom. The Morgan fingerprint density at radius 2 is 1.03 bits per heavy atom. The van der Waals surface area contributed by atoms with E-state index in [1.807, 2.05) is 26.0 Å². The summed E-state index contributed by atoms with van der Waals surface area (Å²) >= 11 is 0. The summed E-state index contributed by atoms with van der Waals surface area (Å²) in [5.41, 5.74) is 6.37. The number of allylic oxidation sites excluding steroid dienone is 8. The SMILES string of the molecule is CC1=C(CC2=C(C)C=C3C(=O)[C@@](C)(O)C4(CC4)C(C)=C32)C2=C(C)C3(CC3)[C@](C)(O)C(=O)C2=C1. The van der Waals surface area contributed by atoms with Gasteiger partial charge in [0.1, 0.15) is 11.2 Å². The van der Waals surface area contributed by atoms with Crippen molar-refractivity contribution in [2.45, 2.75) is 84.8 Å². The number of carbonyl (C=O) groups excluding carboxylic acids is 2. The molecule has 4 heteroatoms. The molecule has 6 rings (SSSR count). The molecular formula is C29H32O4. The van der Waals surface area contributed by atoms with Crippen LogP contribution < -0.4 is 0 Å². The Kier molecular flexibility index (Phi) is 3.76. The lowest BCUT2D eigenvalue weighted by Crippen LogP contribution is -2.49. The van der Waals surface area contributed by atoms with Crippen LogP contribution in [0.3, 0.4) is 0 Å². The normalized spacial score (nSPS) is 35.6. The minimum absolute atomic E-state index is 0.165. The van der Waals surface area contributed by atoms with Crippen molar-refractivity contribution in [3.63, 3.8) is 0 Å². The first kappa shape index (κ1) is 21.2. The monoisotopic (exact) mass is 444 g/mol. The fourth-order valence-electron chi connectivity index (χ4n) is 7.46. The van der Waals surface area contributed by atoms with E-state index in [0.717, 1.165) is 70.3 Å². The second kappa shape index (κ2) is 5.84. The lowest BCUT2D eigenvalue weighted by Gasteiger charge is -2.40. The van der Waals surface area contributed by atoms with Gasteiger partial charge in [0, 0.05) is 22.0 Å². The van der Waals surface area contributed by atoms with Gasteiger partial charge in [-0.15, -0.1) is 0 Å². The maximum atomic E-state index is 13.3. The van der Waals surface area contributed by atoms with Crippen LogP contribution in [0, 0.1) is 10.8 Å². The highest BCUT2D eigenvalue weighted by molar-refractivity contribution is 6.12. The molecule has 0 heterocycles. The van der Waals surface area contributed by atoms with Crippen molar-refractivity contribution >= 4 is 11.6 Å². The number of aliphatic hydroxyl groups is 2. The molecule has 0 bridgehead atoms. The molecule has 0 radical (unpaired) electrons. The Morgan fingerprint density at radius 3 is 1.33 bits per heavy atom. The summed E-state index contributed by atoms with van der Waals surface area (Å²) < 4.78 is 0. The van der Waals surface area contributed by atoms with Crippen LogP contribution >= 0.6 is 0 Å². The molecule has 2 N–H and O–H groups in total. The largest absolute Gasteiger partial charge is 0.381 e. The molecule has 172 valence electrons. The van der Waals surface area contributed by atoms with Crippen molar-refractivity contribution in [1.29, 1.82) is 0 Å². The maximum Gasteiger partial charge on any atom is 0.195 e. The van der Waals surface area contributed by atoms with Gasteiger partial charge in [0.15, 0.2) is 11.6 Å². The summed E-state index contributed by atoms with van der Waals surface area (Å²) in [5, 5.41) is 22.3. The van der Waals surface area contributed by atoms with Crippen molar-refractivity contribution < 1.29 is 19.8 Å². The number of fused-ring (bicyclic) bond motifs is 2. The first-order chi connectivity index (χ1) is 15.3. The van der Waals surface area contributed by atoms with E-state index in [1.165, 1.54) is 0 Å². The van der Waals surface area contributed by atoms with E-state index in [0.29, 0.717) is 17.6 Å². The highest BCUT2D eigenvalue weighted by Crippen LogP contribution is 2.67. The van der Waals surface area contributed by atoms with E-state index in [4.69, 9.17) is 0 Å². The third-order valence-electron chi connectivity index (χ3n) is 10.1. The molecule has 6 aliphatic rings. The van der Waals surface area contributed by atoms with Crippen molar-refractivity contribution in [3.05, 3.63) is 67.9 Å². The van der Waals surface area contributed by atoms with E-state index in [-0.39, 0.29) is 11.6 Å². The van der Waals surface area contributed by atoms with Crippen LogP contribution in [0.25, 0.3) is 0 Å². The number of ketones is 2. The second-order valence-corrected chi connectivity index (χ2v) is 11.6. The topological polar surface area (TPSA) is 74.6 Å². The first-order valence-corrected chi connectivity index (χ1v) is 12.1. The van der Waals surface area contributed by atoms with Crippen LogP contribution in [-0.2, 0) is 9.59 Å². The lowest BCUT2D eigenvalue weighted by molar-refractivity contribution is -0.138. The summed E-state index contributed by atoms with van der Waals surface area (Å²) in [7, 11) is 0. The molecular weight excluding hydrogens is 412 g/mol. The molecule has 0 unspecified atom stereocenters. The zero-order valence-electron chi connectivity index (χ0n) is 20.4. The van der Waals surface area contributed by atoms with E-state index in [2.05, 4.69) is 13.8 Å². The third-order valence-corrected chi connectivity index (χ3v) is 10.1. The van der Waals surface area contributed by atoms with Crippen LogP contribution in [-0.4, -0.2) is 33.0 Å². The Bertz CT molecular complexity index is 1190. The third kappa shape index (κ3) is 2.20. The molecule has 6 aliphatic carbocycles. The number of carbonyl (C=O) groups is 2. The van der Waals surface area contributed by atoms with Crippen molar-refractivity contribution in [2.24, 2.45) is 10.8 Å². The zero-order chi connectivity index (χ0) is 23.9. The predicted molar refractivity (Wildman–Crippen MR) is 126 cm³/mol. The molecule has 0 aliphatic heterocycles. The average molecular weight is 445 g/mol. The Labute approximate surface area is 195 Å². The fraction of sp³-hybridized carbons (Fsp3) is 0.517. The van der Waals surface area contributed by atoms with E-state index >= 15 is 0 Å². The molecule has 0 aromatic heterocycles. The molecule has 0 aromatic rings. The molecule has 4 nitrogen and oxygen atoms in total. The smallest absolute Gasteiger partial charge is 0.195 e. The fourth-order valence-corrected chi connectivity index (χ4v) is 7.46. The number of hydrogen-bond acceptors (Lipinski definition) is 4. The van der Waals surface area contributed by atoms with Gasteiger partial charge in [0.25, 0.3) is 0 Å². The van der Waals surface area contributed by atoms with Crippen molar-refractivity contribution in [2.75, 3.05) is 0 Å². The van der Waals surface area contributed by atoms with Gasteiger partial charge in [-0.25, -0.2) is 0 Å². The van der Waals surface area contributed by atoms with Gasteiger partial charge in [-0.2, -0.15) is 0 Å². The summed E-state index contributed by atoms with van der Waals surface area (Å²) in [5.74, 6) is -0.329. The molecule has 33 heavy (non-hydrogen) atoms.